The van der Waals surface area contributed by atoms with Crippen molar-refractivity contribution in [3.8, 4) is 23.1 Å². The maximum Gasteiger partial charge on any atom is 0.261 e. The molecule has 3 aromatic rings. The highest BCUT2D eigenvalue weighted by molar-refractivity contribution is 6.23. The normalized spacial score (nSPS) is 18.0. The zero-order valence-corrected chi connectivity index (χ0v) is 22.2. The minimum absolute atomic E-state index is 0.0402. The number of carbonyl (C=O) groups excluding carboxylic acids is 2. The number of anilines is 1. The molecule has 204 valence electrons. The SMILES string of the molecule is COc1cc2nccc(Oc3ccc(NC(=O)C4=CN(CC5CCOCC5)C(C)CC4=O)nn3)c2cc1OC. The van der Waals surface area contributed by atoms with E-state index in [-0.39, 0.29) is 35.5 Å². The number of nitrogens with one attached hydrogen (secondary N) is 1. The van der Waals surface area contributed by atoms with E-state index in [0.717, 1.165) is 32.6 Å². The molecule has 0 radical (unpaired) electrons. The summed E-state index contributed by atoms with van der Waals surface area (Å²) in [4.78, 5) is 32.1. The van der Waals surface area contributed by atoms with Crippen LogP contribution in [0.25, 0.3) is 10.9 Å². The molecule has 1 amide bonds. The molecule has 0 spiro atoms. The highest BCUT2D eigenvalue weighted by Crippen LogP contribution is 2.36. The van der Waals surface area contributed by atoms with Gasteiger partial charge in [0.15, 0.2) is 23.1 Å². The zero-order valence-electron chi connectivity index (χ0n) is 22.2. The number of fused-ring (bicyclic) bond motifs is 1. The van der Waals surface area contributed by atoms with Crippen LogP contribution in [-0.2, 0) is 14.3 Å². The first-order valence-electron chi connectivity index (χ1n) is 12.9. The third-order valence-corrected chi connectivity index (χ3v) is 7.00. The van der Waals surface area contributed by atoms with Crippen LogP contribution in [0.15, 0.2) is 48.3 Å². The molecule has 1 aromatic carbocycles. The van der Waals surface area contributed by atoms with Crippen molar-refractivity contribution in [3.05, 3.63) is 48.3 Å². The zero-order chi connectivity index (χ0) is 27.4. The number of hydrogen-bond donors (Lipinski definition) is 1. The Morgan fingerprint density at radius 2 is 1.85 bits per heavy atom. The summed E-state index contributed by atoms with van der Waals surface area (Å²) in [7, 11) is 3.12. The fourth-order valence-corrected chi connectivity index (χ4v) is 4.78. The van der Waals surface area contributed by atoms with Gasteiger partial charge in [-0.15, -0.1) is 10.2 Å². The quantitative estimate of drug-likeness (QED) is 0.428. The van der Waals surface area contributed by atoms with Gasteiger partial charge < -0.3 is 29.2 Å². The summed E-state index contributed by atoms with van der Waals surface area (Å²) in [6.07, 6.45) is 5.55. The maximum absolute atomic E-state index is 13.0. The van der Waals surface area contributed by atoms with Gasteiger partial charge in [-0.05, 0) is 43.9 Å². The van der Waals surface area contributed by atoms with Gasteiger partial charge >= 0.3 is 0 Å². The van der Waals surface area contributed by atoms with E-state index >= 15 is 0 Å². The number of benzene rings is 1. The average Bonchev–Trinajstić information content (AvgIpc) is 2.95. The van der Waals surface area contributed by atoms with E-state index in [1.54, 1.807) is 56.9 Å². The van der Waals surface area contributed by atoms with Gasteiger partial charge in [0.05, 0.1) is 25.3 Å². The molecular formula is C28H31N5O6. The van der Waals surface area contributed by atoms with Gasteiger partial charge in [0.2, 0.25) is 5.88 Å². The molecule has 1 atom stereocenters. The number of Topliss-reactive ketones (excluding diaryl/α,β-unsaturated/α-hetero) is 1. The van der Waals surface area contributed by atoms with Crippen LogP contribution in [0.2, 0.25) is 0 Å². The highest BCUT2D eigenvalue weighted by atomic mass is 16.5. The van der Waals surface area contributed by atoms with E-state index < -0.39 is 5.91 Å². The van der Waals surface area contributed by atoms with Gasteiger partial charge in [-0.2, -0.15) is 0 Å². The van der Waals surface area contributed by atoms with Gasteiger partial charge in [0.25, 0.3) is 5.91 Å². The standard InChI is InChI=1S/C28H31N5O6/c1-17-12-22(34)20(16-33(17)15-18-7-10-38-11-8-18)28(35)30-26-4-5-27(32-31-26)39-23-6-9-29-21-14-25(37-3)24(36-2)13-19(21)23/h4-6,9,13-14,16-18H,7-8,10-12,15H2,1-3H3,(H,30,31,35). The molecule has 0 saturated carbocycles. The summed E-state index contributed by atoms with van der Waals surface area (Å²) in [5.74, 6) is 1.82. The number of methoxy groups -OCH3 is 2. The van der Waals surface area contributed by atoms with Crippen LogP contribution >= 0.6 is 0 Å². The van der Waals surface area contributed by atoms with Crippen LogP contribution in [0.4, 0.5) is 5.82 Å². The number of ketones is 1. The molecule has 1 fully saturated rings. The predicted octanol–water partition coefficient (Wildman–Crippen LogP) is 3.75. The maximum atomic E-state index is 13.0. The molecule has 0 bridgehead atoms. The number of ether oxygens (including phenoxy) is 4. The highest BCUT2D eigenvalue weighted by Gasteiger charge is 2.30. The molecule has 39 heavy (non-hydrogen) atoms. The second-order valence-corrected chi connectivity index (χ2v) is 9.62. The lowest BCUT2D eigenvalue weighted by Gasteiger charge is -2.36. The molecule has 11 heteroatoms. The molecule has 11 nitrogen and oxygen atoms in total. The van der Waals surface area contributed by atoms with Gasteiger partial charge in [0.1, 0.15) is 5.75 Å². The van der Waals surface area contributed by atoms with Crippen LogP contribution in [0, 0.1) is 5.92 Å². The van der Waals surface area contributed by atoms with Crippen molar-refractivity contribution in [2.75, 3.05) is 39.3 Å². The molecule has 1 saturated heterocycles. The molecule has 5 rings (SSSR count). The number of amides is 1. The lowest BCUT2D eigenvalue weighted by atomic mass is 9.95. The number of rotatable bonds is 8. The van der Waals surface area contributed by atoms with Crippen molar-refractivity contribution < 1.29 is 28.5 Å². The van der Waals surface area contributed by atoms with Crippen molar-refractivity contribution in [1.82, 2.24) is 20.1 Å². The molecule has 2 aromatic heterocycles. The summed E-state index contributed by atoms with van der Waals surface area (Å²) in [6.45, 7) is 4.30. The summed E-state index contributed by atoms with van der Waals surface area (Å²) < 4.78 is 22.1. The predicted molar refractivity (Wildman–Crippen MR) is 143 cm³/mol. The number of aromatic nitrogens is 3. The third kappa shape index (κ3) is 5.93. The first-order valence-corrected chi connectivity index (χ1v) is 12.9. The van der Waals surface area contributed by atoms with Crippen LogP contribution in [-0.4, -0.2) is 71.8 Å². The largest absolute Gasteiger partial charge is 0.493 e. The average molecular weight is 534 g/mol. The Balaban J connectivity index is 1.28. The first-order chi connectivity index (χ1) is 18.9. The van der Waals surface area contributed by atoms with Crippen LogP contribution in [0.5, 0.6) is 23.1 Å². The monoisotopic (exact) mass is 533 g/mol. The third-order valence-electron chi connectivity index (χ3n) is 7.00. The van der Waals surface area contributed by atoms with Gasteiger partial charge in [-0.1, -0.05) is 0 Å². The summed E-state index contributed by atoms with van der Waals surface area (Å²) >= 11 is 0. The second-order valence-electron chi connectivity index (χ2n) is 9.62. The summed E-state index contributed by atoms with van der Waals surface area (Å²) in [5.41, 5.74) is 0.780. The number of pyridine rings is 1. The van der Waals surface area contributed by atoms with E-state index in [1.807, 2.05) is 6.92 Å². The Morgan fingerprint density at radius 3 is 2.56 bits per heavy atom. The van der Waals surface area contributed by atoms with Gasteiger partial charge in [0, 0.05) is 62.1 Å². The molecular weight excluding hydrogens is 502 g/mol. The molecule has 4 heterocycles. The number of carbonyl (C=O) groups is 2. The van der Waals surface area contributed by atoms with E-state index in [2.05, 4.69) is 25.4 Å². The minimum Gasteiger partial charge on any atom is -0.493 e. The van der Waals surface area contributed by atoms with Crippen molar-refractivity contribution in [2.45, 2.75) is 32.2 Å². The molecule has 2 aliphatic rings. The molecule has 2 aliphatic heterocycles. The number of hydrogen-bond acceptors (Lipinski definition) is 10. The molecule has 0 aliphatic carbocycles. The Bertz CT molecular complexity index is 1390. The second kappa shape index (κ2) is 11.6. The van der Waals surface area contributed by atoms with Crippen LogP contribution < -0.4 is 19.5 Å². The minimum atomic E-state index is -0.506. The Kier molecular flexibility index (Phi) is 7.87. The van der Waals surface area contributed by atoms with E-state index in [9.17, 15) is 9.59 Å². The Morgan fingerprint density at radius 1 is 1.08 bits per heavy atom. The first kappa shape index (κ1) is 26.4. The van der Waals surface area contributed by atoms with Crippen molar-refractivity contribution in [3.63, 3.8) is 0 Å². The van der Waals surface area contributed by atoms with E-state index in [1.165, 1.54) is 0 Å². The Labute approximate surface area is 226 Å². The summed E-state index contributed by atoms with van der Waals surface area (Å²) in [5, 5.41) is 11.5. The fraction of sp³-hybridized carbons (Fsp3) is 0.393. The lowest BCUT2D eigenvalue weighted by Crippen LogP contribution is -2.41. The fourth-order valence-electron chi connectivity index (χ4n) is 4.78. The number of nitrogens with zero attached hydrogens (tertiary/aromatic N) is 4. The van der Waals surface area contributed by atoms with E-state index in [0.29, 0.717) is 34.1 Å². The van der Waals surface area contributed by atoms with E-state index in [4.69, 9.17) is 18.9 Å². The summed E-state index contributed by atoms with van der Waals surface area (Å²) in [6, 6.07) is 8.45. The van der Waals surface area contributed by atoms with Gasteiger partial charge in [-0.25, -0.2) is 0 Å². The van der Waals surface area contributed by atoms with Crippen molar-refractivity contribution in [2.24, 2.45) is 5.92 Å². The lowest BCUT2D eigenvalue weighted by molar-refractivity contribution is -0.121. The van der Waals surface area contributed by atoms with Crippen molar-refractivity contribution >= 4 is 28.4 Å². The topological polar surface area (TPSA) is 125 Å². The Hall–Kier alpha value is -4.25. The molecule has 1 unspecified atom stereocenters. The van der Waals surface area contributed by atoms with Crippen LogP contribution in [0.1, 0.15) is 26.2 Å². The van der Waals surface area contributed by atoms with Crippen molar-refractivity contribution in [1.29, 1.82) is 0 Å². The smallest absolute Gasteiger partial charge is 0.261 e. The molecule has 1 N–H and O–H groups in total. The van der Waals surface area contributed by atoms with Gasteiger partial charge in [-0.3, -0.25) is 14.6 Å². The van der Waals surface area contributed by atoms with Crippen LogP contribution in [0.3, 0.4) is 0 Å².